The molecule has 0 aromatic heterocycles. The van der Waals surface area contributed by atoms with Crippen molar-refractivity contribution >= 4 is 5.91 Å². The van der Waals surface area contributed by atoms with E-state index in [1.807, 2.05) is 6.08 Å². The van der Waals surface area contributed by atoms with Gasteiger partial charge in [-0.15, -0.1) is 0 Å². The molecule has 7 atom stereocenters. The number of rotatable bonds is 53. The summed E-state index contributed by atoms with van der Waals surface area (Å²) in [6.07, 6.45) is 61.0. The highest BCUT2D eigenvalue weighted by molar-refractivity contribution is 5.76. The number of aliphatic hydroxyl groups is 5. The van der Waals surface area contributed by atoms with Gasteiger partial charge in [0.25, 0.3) is 0 Å². The molecule has 1 aliphatic rings. The lowest BCUT2D eigenvalue weighted by Crippen LogP contribution is -2.60. The zero-order chi connectivity index (χ0) is 51.5. The third-order valence-electron chi connectivity index (χ3n) is 14.7. The number of nitrogens with one attached hydrogen (secondary N) is 1. The van der Waals surface area contributed by atoms with Crippen LogP contribution in [0.25, 0.3) is 0 Å². The van der Waals surface area contributed by atoms with Crippen LogP contribution in [0, 0.1) is 0 Å². The number of hydrogen-bond donors (Lipinski definition) is 6. The Morgan fingerprint density at radius 2 is 0.803 bits per heavy atom. The fourth-order valence-electron chi connectivity index (χ4n) is 9.84. The summed E-state index contributed by atoms with van der Waals surface area (Å²) >= 11 is 0. The van der Waals surface area contributed by atoms with E-state index in [9.17, 15) is 30.3 Å². The molecule has 1 saturated heterocycles. The maximum atomic E-state index is 13.0. The quantitative estimate of drug-likeness (QED) is 0.0261. The van der Waals surface area contributed by atoms with Crippen LogP contribution in [0.3, 0.4) is 0 Å². The molecule has 1 amide bonds. The zero-order valence-corrected chi connectivity index (χ0v) is 46.5. The van der Waals surface area contributed by atoms with Gasteiger partial charge in [-0.2, -0.15) is 0 Å². The monoisotopic (exact) mass is 1000 g/mol. The smallest absolute Gasteiger partial charge is 0.220 e. The molecule has 9 heteroatoms. The summed E-state index contributed by atoms with van der Waals surface area (Å²) in [5, 5.41) is 54.5. The Kier molecular flexibility index (Phi) is 49.3. The van der Waals surface area contributed by atoms with Crippen LogP contribution < -0.4 is 5.32 Å². The molecule has 1 rings (SSSR count). The van der Waals surface area contributed by atoms with Crippen molar-refractivity contribution in [3.05, 3.63) is 36.5 Å². The van der Waals surface area contributed by atoms with Gasteiger partial charge in [0.05, 0.1) is 25.4 Å². The Morgan fingerprint density at radius 1 is 0.465 bits per heavy atom. The van der Waals surface area contributed by atoms with Crippen molar-refractivity contribution in [1.82, 2.24) is 5.32 Å². The van der Waals surface area contributed by atoms with Gasteiger partial charge in [0.1, 0.15) is 24.4 Å². The molecule has 0 radical (unpaired) electrons. The number of allylic oxidation sites excluding steroid dienone is 5. The summed E-state index contributed by atoms with van der Waals surface area (Å²) in [4.78, 5) is 13.0. The molecular formula is C62H117NO8. The molecule has 0 aliphatic carbocycles. The number of carbonyl (C=O) groups excluding carboxylic acids is 1. The summed E-state index contributed by atoms with van der Waals surface area (Å²) in [5.74, 6) is -0.187. The number of carbonyl (C=O) groups is 1. The van der Waals surface area contributed by atoms with Gasteiger partial charge >= 0.3 is 0 Å². The van der Waals surface area contributed by atoms with Crippen molar-refractivity contribution in [2.75, 3.05) is 13.2 Å². The molecule has 9 nitrogen and oxygen atoms in total. The molecular weight excluding hydrogens is 887 g/mol. The van der Waals surface area contributed by atoms with Gasteiger partial charge in [-0.3, -0.25) is 4.79 Å². The first-order valence-corrected chi connectivity index (χ1v) is 30.7. The van der Waals surface area contributed by atoms with Crippen molar-refractivity contribution < 1.29 is 39.8 Å². The van der Waals surface area contributed by atoms with Gasteiger partial charge < -0.3 is 40.3 Å². The van der Waals surface area contributed by atoms with Crippen LogP contribution in [0.15, 0.2) is 36.5 Å². The predicted molar refractivity (Wildman–Crippen MR) is 300 cm³/mol. The van der Waals surface area contributed by atoms with Crippen LogP contribution in [0.2, 0.25) is 0 Å². The zero-order valence-electron chi connectivity index (χ0n) is 46.5. The number of unbranched alkanes of at least 4 members (excludes halogenated alkanes) is 39. The molecule has 0 aromatic carbocycles. The van der Waals surface area contributed by atoms with Crippen LogP contribution in [0.1, 0.15) is 296 Å². The SMILES string of the molecule is CCCCCCCCCCCCCCCCCCCCCCCCC/C=C/CC/C=C/CC/C=C/C(O)C(COC1OC(CO)C(O)C(O)C1O)NC(=O)CCCCCCCCCCCCCCCCC. The lowest BCUT2D eigenvalue weighted by molar-refractivity contribution is -0.302. The van der Waals surface area contributed by atoms with Gasteiger partial charge in [-0.1, -0.05) is 281 Å². The minimum atomic E-state index is -1.57. The molecule has 0 saturated carbocycles. The Bertz CT molecular complexity index is 1210. The summed E-state index contributed by atoms with van der Waals surface area (Å²) in [7, 11) is 0. The molecule has 0 aromatic rings. The second-order valence-electron chi connectivity index (χ2n) is 21.5. The fourth-order valence-corrected chi connectivity index (χ4v) is 9.84. The summed E-state index contributed by atoms with van der Waals surface area (Å²) in [6, 6.07) is -0.826. The van der Waals surface area contributed by atoms with Crippen molar-refractivity contribution in [1.29, 1.82) is 0 Å². The largest absolute Gasteiger partial charge is 0.394 e. The van der Waals surface area contributed by atoms with Crippen molar-refractivity contribution in [2.45, 2.75) is 339 Å². The Hall–Kier alpha value is -1.59. The van der Waals surface area contributed by atoms with Crippen molar-refractivity contribution in [3.8, 4) is 0 Å². The van der Waals surface area contributed by atoms with Crippen LogP contribution in [-0.2, 0) is 14.3 Å². The maximum absolute atomic E-state index is 13.0. The Balaban J connectivity index is 2.17. The lowest BCUT2D eigenvalue weighted by atomic mass is 9.99. The lowest BCUT2D eigenvalue weighted by Gasteiger charge is -2.40. The highest BCUT2D eigenvalue weighted by Crippen LogP contribution is 2.23. The van der Waals surface area contributed by atoms with Crippen molar-refractivity contribution in [2.24, 2.45) is 0 Å². The second kappa shape index (κ2) is 51.9. The number of hydrogen-bond acceptors (Lipinski definition) is 8. The van der Waals surface area contributed by atoms with Crippen LogP contribution in [0.4, 0.5) is 0 Å². The van der Waals surface area contributed by atoms with E-state index >= 15 is 0 Å². The van der Waals surface area contributed by atoms with Gasteiger partial charge in [0, 0.05) is 6.42 Å². The van der Waals surface area contributed by atoms with E-state index in [1.165, 1.54) is 231 Å². The number of amides is 1. The first-order chi connectivity index (χ1) is 34.8. The maximum Gasteiger partial charge on any atom is 0.220 e. The van der Waals surface area contributed by atoms with E-state index in [-0.39, 0.29) is 12.5 Å². The van der Waals surface area contributed by atoms with Crippen LogP contribution in [-0.4, -0.2) is 87.5 Å². The second-order valence-corrected chi connectivity index (χ2v) is 21.5. The van der Waals surface area contributed by atoms with E-state index in [0.717, 1.165) is 44.9 Å². The van der Waals surface area contributed by atoms with Crippen molar-refractivity contribution in [3.63, 3.8) is 0 Å². The van der Waals surface area contributed by atoms with Crippen LogP contribution in [0.5, 0.6) is 0 Å². The van der Waals surface area contributed by atoms with E-state index in [4.69, 9.17) is 9.47 Å². The molecule has 71 heavy (non-hydrogen) atoms. The molecule has 0 spiro atoms. The van der Waals surface area contributed by atoms with E-state index in [1.54, 1.807) is 6.08 Å². The molecule has 0 bridgehead atoms. The summed E-state index contributed by atoms with van der Waals surface area (Å²) in [6.45, 7) is 3.79. The van der Waals surface area contributed by atoms with Gasteiger partial charge in [0.15, 0.2) is 6.29 Å². The number of aliphatic hydroxyl groups excluding tert-OH is 5. The van der Waals surface area contributed by atoms with Gasteiger partial charge in [0.2, 0.25) is 5.91 Å². The normalized spacial score (nSPS) is 19.5. The Labute approximate surface area is 438 Å². The minimum Gasteiger partial charge on any atom is -0.394 e. The topological polar surface area (TPSA) is 149 Å². The van der Waals surface area contributed by atoms with E-state index in [2.05, 4.69) is 43.5 Å². The average Bonchev–Trinajstić information content (AvgIpc) is 3.37. The first-order valence-electron chi connectivity index (χ1n) is 30.7. The number of ether oxygens (including phenoxy) is 2. The molecule has 6 N–H and O–H groups in total. The van der Waals surface area contributed by atoms with Gasteiger partial charge in [-0.25, -0.2) is 0 Å². The first kappa shape index (κ1) is 67.4. The average molecular weight is 1000 g/mol. The fraction of sp³-hybridized carbons (Fsp3) is 0.887. The molecule has 1 heterocycles. The van der Waals surface area contributed by atoms with Gasteiger partial charge in [-0.05, 0) is 44.9 Å². The van der Waals surface area contributed by atoms with Crippen LogP contribution >= 0.6 is 0 Å². The third kappa shape index (κ3) is 41.4. The van der Waals surface area contributed by atoms with E-state index in [0.29, 0.717) is 6.42 Å². The van der Waals surface area contributed by atoms with E-state index < -0.39 is 49.5 Å². The highest BCUT2D eigenvalue weighted by atomic mass is 16.7. The molecule has 1 aliphatic heterocycles. The molecule has 1 fully saturated rings. The summed E-state index contributed by atoms with van der Waals surface area (Å²) in [5.41, 5.74) is 0. The standard InChI is InChI=1S/C62H117NO8/c1-3-5-7-9-11-13-15-17-19-20-21-22-23-24-25-26-27-28-29-30-31-32-33-34-35-36-38-39-41-43-45-47-49-51-56(65)55(54-70-62-61(69)60(68)59(67)57(53-64)71-62)63-58(66)52-50-48-46-44-42-40-37-18-16-14-12-10-8-6-4-2/h35-36,41,43,49,51,55-57,59-62,64-65,67-69H,3-34,37-40,42,44-48,50,52-54H2,1-2H3,(H,63,66)/b36-35+,43-41+,51-49+. The highest BCUT2D eigenvalue weighted by Gasteiger charge is 2.44. The predicted octanol–water partition coefficient (Wildman–Crippen LogP) is 15.5. The summed E-state index contributed by atoms with van der Waals surface area (Å²) < 4.78 is 11.3. The third-order valence-corrected chi connectivity index (χ3v) is 14.7. The Morgan fingerprint density at radius 3 is 1.18 bits per heavy atom. The minimum absolute atomic E-state index is 0.187. The molecule has 7 unspecified atom stereocenters. The molecule has 418 valence electrons.